The molecule has 0 unspecified atom stereocenters. The van der Waals surface area contributed by atoms with Crippen molar-refractivity contribution in [2.24, 2.45) is 0 Å². The van der Waals surface area contributed by atoms with E-state index in [0.717, 1.165) is 22.3 Å². The fourth-order valence-corrected chi connectivity index (χ4v) is 2.92. The number of aromatic carboxylic acids is 1. The molecule has 0 aliphatic rings. The lowest BCUT2D eigenvalue weighted by Crippen LogP contribution is -2.19. The van der Waals surface area contributed by atoms with E-state index in [1.54, 1.807) is 0 Å². The van der Waals surface area contributed by atoms with E-state index >= 15 is 0 Å². The number of rotatable bonds is 3. The molecule has 0 aromatic carbocycles. The van der Waals surface area contributed by atoms with Crippen LogP contribution in [0.1, 0.15) is 14.5 Å². The van der Waals surface area contributed by atoms with Gasteiger partial charge in [0.25, 0.3) is 10.0 Å². The number of carboxylic acid groups (broad SMARTS) is 1. The van der Waals surface area contributed by atoms with Crippen LogP contribution in [0.4, 0.5) is 0 Å². The van der Waals surface area contributed by atoms with Crippen LogP contribution in [0.3, 0.4) is 0 Å². The Bertz CT molecular complexity index is 461. The SMILES string of the molecule is Cc1sc(C(=O)O)cc1S(=O)(=O)NO. The van der Waals surface area contributed by atoms with Gasteiger partial charge in [-0.2, -0.15) is 0 Å². The van der Waals surface area contributed by atoms with Gasteiger partial charge in [0.15, 0.2) is 0 Å². The molecule has 0 fully saturated rings. The van der Waals surface area contributed by atoms with Gasteiger partial charge in [-0.25, -0.2) is 13.2 Å². The third-order valence-electron chi connectivity index (χ3n) is 1.49. The molecule has 1 aromatic heterocycles. The minimum atomic E-state index is -3.99. The van der Waals surface area contributed by atoms with Crippen molar-refractivity contribution in [2.75, 3.05) is 0 Å². The van der Waals surface area contributed by atoms with Gasteiger partial charge < -0.3 is 10.3 Å². The highest BCUT2D eigenvalue weighted by Gasteiger charge is 2.21. The van der Waals surface area contributed by atoms with Gasteiger partial charge in [-0.15, -0.1) is 11.3 Å². The first-order valence-corrected chi connectivity index (χ1v) is 5.68. The third kappa shape index (κ3) is 1.93. The van der Waals surface area contributed by atoms with Gasteiger partial charge in [-0.05, 0) is 13.0 Å². The maximum Gasteiger partial charge on any atom is 0.345 e. The second kappa shape index (κ2) is 3.65. The highest BCUT2D eigenvalue weighted by atomic mass is 32.2. The fourth-order valence-electron chi connectivity index (χ4n) is 0.887. The number of carboxylic acids is 1. The van der Waals surface area contributed by atoms with Crippen LogP contribution in [0.15, 0.2) is 11.0 Å². The molecule has 3 N–H and O–H groups in total. The minimum Gasteiger partial charge on any atom is -0.477 e. The third-order valence-corrected chi connectivity index (χ3v) is 3.90. The van der Waals surface area contributed by atoms with Gasteiger partial charge in [0.2, 0.25) is 0 Å². The number of sulfonamides is 1. The number of nitrogens with one attached hydrogen (secondary N) is 1. The zero-order valence-electron chi connectivity index (χ0n) is 7.01. The first-order valence-electron chi connectivity index (χ1n) is 3.38. The summed E-state index contributed by atoms with van der Waals surface area (Å²) in [4.78, 5) is 11.7. The molecule has 1 rings (SSSR count). The Balaban J connectivity index is 3.31. The highest BCUT2D eigenvalue weighted by Crippen LogP contribution is 2.25. The van der Waals surface area contributed by atoms with Gasteiger partial charge in [0.1, 0.15) is 4.88 Å². The first kappa shape index (κ1) is 11.1. The van der Waals surface area contributed by atoms with Crippen molar-refractivity contribution in [1.29, 1.82) is 0 Å². The van der Waals surface area contributed by atoms with E-state index in [1.807, 2.05) is 0 Å². The lowest BCUT2D eigenvalue weighted by Gasteiger charge is -1.97. The zero-order chi connectivity index (χ0) is 10.9. The molecule has 8 heteroatoms. The van der Waals surface area contributed by atoms with Gasteiger partial charge in [0, 0.05) is 4.88 Å². The fraction of sp³-hybridized carbons (Fsp3) is 0.167. The molecule has 0 bridgehead atoms. The molecule has 0 radical (unpaired) electrons. The van der Waals surface area contributed by atoms with Gasteiger partial charge in [0.05, 0.1) is 4.90 Å². The Kier molecular flexibility index (Phi) is 2.90. The summed E-state index contributed by atoms with van der Waals surface area (Å²) in [5, 5.41) is 16.9. The van der Waals surface area contributed by atoms with E-state index in [4.69, 9.17) is 10.3 Å². The lowest BCUT2D eigenvalue weighted by molar-refractivity contribution is 0.0702. The Morgan fingerprint density at radius 3 is 2.50 bits per heavy atom. The molecule has 0 saturated heterocycles. The molecule has 0 aliphatic carbocycles. The number of hydrogen-bond acceptors (Lipinski definition) is 5. The van der Waals surface area contributed by atoms with Crippen molar-refractivity contribution >= 4 is 27.3 Å². The Labute approximate surface area is 83.8 Å². The second-order valence-corrected chi connectivity index (χ2v) is 5.32. The summed E-state index contributed by atoms with van der Waals surface area (Å²) >= 11 is 0.835. The van der Waals surface area contributed by atoms with Crippen LogP contribution < -0.4 is 4.89 Å². The summed E-state index contributed by atoms with van der Waals surface area (Å²) in [5.74, 6) is -1.20. The molecule has 1 aromatic rings. The molecule has 0 saturated carbocycles. The van der Waals surface area contributed by atoms with Crippen molar-refractivity contribution in [2.45, 2.75) is 11.8 Å². The van der Waals surface area contributed by atoms with Gasteiger partial charge >= 0.3 is 5.97 Å². The molecule has 78 valence electrons. The van der Waals surface area contributed by atoms with Crippen molar-refractivity contribution in [3.63, 3.8) is 0 Å². The lowest BCUT2D eigenvalue weighted by atomic mass is 10.4. The highest BCUT2D eigenvalue weighted by molar-refractivity contribution is 7.89. The van der Waals surface area contributed by atoms with Crippen LogP contribution in [0.5, 0.6) is 0 Å². The monoisotopic (exact) mass is 237 g/mol. The molecule has 6 nitrogen and oxygen atoms in total. The van der Waals surface area contributed by atoms with Crippen molar-refractivity contribution in [1.82, 2.24) is 4.89 Å². The number of aryl methyl sites for hydroxylation is 1. The van der Waals surface area contributed by atoms with E-state index in [1.165, 1.54) is 6.92 Å². The Morgan fingerprint density at radius 2 is 2.14 bits per heavy atom. The van der Waals surface area contributed by atoms with E-state index in [0.29, 0.717) is 4.88 Å². The van der Waals surface area contributed by atoms with Gasteiger partial charge in [-0.3, -0.25) is 0 Å². The number of thiophene rings is 1. The van der Waals surface area contributed by atoms with Crippen molar-refractivity contribution in [3.05, 3.63) is 15.8 Å². The normalized spacial score (nSPS) is 11.6. The summed E-state index contributed by atoms with van der Waals surface area (Å²) in [7, 11) is -3.99. The number of hydrogen-bond donors (Lipinski definition) is 3. The molecule has 14 heavy (non-hydrogen) atoms. The second-order valence-electron chi connectivity index (χ2n) is 2.43. The molecule has 0 amide bonds. The molecular weight excluding hydrogens is 230 g/mol. The van der Waals surface area contributed by atoms with Gasteiger partial charge in [-0.1, -0.05) is 4.89 Å². The Hall–Kier alpha value is -0.960. The first-order chi connectivity index (χ1) is 6.38. The number of carbonyl (C=O) groups is 1. The van der Waals surface area contributed by atoms with Crippen LogP contribution in [0.25, 0.3) is 0 Å². The van der Waals surface area contributed by atoms with Crippen LogP contribution in [0, 0.1) is 6.92 Å². The van der Waals surface area contributed by atoms with Crippen LogP contribution in [-0.2, 0) is 10.0 Å². The molecule has 0 atom stereocenters. The van der Waals surface area contributed by atoms with E-state index in [9.17, 15) is 13.2 Å². The predicted octanol–water partition coefficient (Wildman–Crippen LogP) is 0.422. The average molecular weight is 237 g/mol. The van der Waals surface area contributed by atoms with E-state index < -0.39 is 16.0 Å². The molecular formula is C6H7NO5S2. The van der Waals surface area contributed by atoms with Crippen molar-refractivity contribution < 1.29 is 23.5 Å². The van der Waals surface area contributed by atoms with Crippen LogP contribution >= 0.6 is 11.3 Å². The van der Waals surface area contributed by atoms with E-state index in [2.05, 4.69) is 0 Å². The predicted molar refractivity (Wildman–Crippen MR) is 48.1 cm³/mol. The summed E-state index contributed by atoms with van der Waals surface area (Å²) in [5.41, 5.74) is 0. The summed E-state index contributed by atoms with van der Waals surface area (Å²) in [6.07, 6.45) is 0. The zero-order valence-corrected chi connectivity index (χ0v) is 8.65. The quantitative estimate of drug-likeness (QED) is 0.661. The maximum atomic E-state index is 11.1. The molecule has 0 spiro atoms. The Morgan fingerprint density at radius 1 is 1.57 bits per heavy atom. The largest absolute Gasteiger partial charge is 0.477 e. The topological polar surface area (TPSA) is 104 Å². The summed E-state index contributed by atoms with van der Waals surface area (Å²) < 4.78 is 22.2. The maximum absolute atomic E-state index is 11.1. The average Bonchev–Trinajstić information content (AvgIpc) is 2.48. The molecule has 1 heterocycles. The molecule has 0 aliphatic heterocycles. The summed E-state index contributed by atoms with van der Waals surface area (Å²) in [6, 6.07) is 1.00. The van der Waals surface area contributed by atoms with E-state index in [-0.39, 0.29) is 9.77 Å². The standard InChI is InChI=1S/C6H7NO5S2/c1-3-5(14(11,12)7-10)2-4(13-3)6(8)9/h2,7,10H,1H3,(H,8,9). The van der Waals surface area contributed by atoms with Crippen molar-refractivity contribution in [3.8, 4) is 0 Å². The minimum absolute atomic E-state index is 0.0867. The van der Waals surface area contributed by atoms with Crippen LogP contribution in [-0.4, -0.2) is 24.7 Å². The smallest absolute Gasteiger partial charge is 0.345 e. The van der Waals surface area contributed by atoms with Crippen LogP contribution in [0.2, 0.25) is 0 Å². The summed E-state index contributed by atoms with van der Waals surface area (Å²) in [6.45, 7) is 1.46.